The molecule has 2 aromatic rings. The van der Waals surface area contributed by atoms with Crippen molar-refractivity contribution in [1.29, 1.82) is 0 Å². The van der Waals surface area contributed by atoms with Crippen molar-refractivity contribution < 1.29 is 18.6 Å². The molecule has 0 fully saturated rings. The predicted octanol–water partition coefficient (Wildman–Crippen LogP) is 4.14. The average molecular weight is 292 g/mol. The van der Waals surface area contributed by atoms with E-state index in [0.29, 0.717) is 11.3 Å². The number of benzene rings is 2. The first kappa shape index (κ1) is 15.4. The predicted molar refractivity (Wildman–Crippen MR) is 77.4 cm³/mol. The van der Waals surface area contributed by atoms with Gasteiger partial charge in [-0.2, -0.15) is 0 Å². The highest BCUT2D eigenvalue weighted by atomic mass is 19.2. The minimum absolute atomic E-state index is 0.0458. The molecule has 1 unspecified atom stereocenters. The van der Waals surface area contributed by atoms with Crippen LogP contribution >= 0.6 is 0 Å². The summed E-state index contributed by atoms with van der Waals surface area (Å²) in [6.45, 7) is 5.30. The zero-order valence-electron chi connectivity index (χ0n) is 12.2. The lowest BCUT2D eigenvalue weighted by atomic mass is 9.99. The van der Waals surface area contributed by atoms with E-state index >= 15 is 0 Å². The van der Waals surface area contributed by atoms with Gasteiger partial charge in [0.05, 0.1) is 6.10 Å². The molecule has 2 aromatic carbocycles. The van der Waals surface area contributed by atoms with Crippen LogP contribution in [-0.2, 0) is 0 Å². The van der Waals surface area contributed by atoms with Crippen molar-refractivity contribution in [3.8, 4) is 5.75 Å². The molecule has 0 aliphatic heterocycles. The van der Waals surface area contributed by atoms with Gasteiger partial charge in [-0.05, 0) is 44.0 Å². The van der Waals surface area contributed by atoms with Crippen LogP contribution in [0.1, 0.15) is 36.6 Å². The van der Waals surface area contributed by atoms with E-state index in [1.165, 1.54) is 19.1 Å². The van der Waals surface area contributed by atoms with Crippen molar-refractivity contribution in [3.63, 3.8) is 0 Å². The lowest BCUT2D eigenvalue weighted by molar-refractivity contribution is 0.212. The fourth-order valence-corrected chi connectivity index (χ4v) is 2.05. The lowest BCUT2D eigenvalue weighted by Gasteiger charge is -2.15. The summed E-state index contributed by atoms with van der Waals surface area (Å²) in [5.41, 5.74) is 0.619. The Morgan fingerprint density at radius 1 is 0.952 bits per heavy atom. The molecule has 0 saturated carbocycles. The summed E-state index contributed by atoms with van der Waals surface area (Å²) < 4.78 is 33.0. The molecule has 0 aromatic heterocycles. The van der Waals surface area contributed by atoms with Crippen molar-refractivity contribution in [1.82, 2.24) is 0 Å². The van der Waals surface area contributed by atoms with Gasteiger partial charge in [-0.3, -0.25) is 0 Å². The number of hydrogen-bond acceptors (Lipinski definition) is 2. The highest BCUT2D eigenvalue weighted by molar-refractivity contribution is 5.36. The molecule has 2 rings (SSSR count). The zero-order chi connectivity index (χ0) is 15.6. The molecule has 0 aliphatic carbocycles. The van der Waals surface area contributed by atoms with E-state index in [2.05, 4.69) is 0 Å². The Morgan fingerprint density at radius 3 is 2.14 bits per heavy atom. The van der Waals surface area contributed by atoms with Crippen molar-refractivity contribution in [2.45, 2.75) is 33.0 Å². The van der Waals surface area contributed by atoms with E-state index in [1.807, 2.05) is 13.8 Å². The number of halogens is 2. The second-order valence-electron chi connectivity index (χ2n) is 5.24. The van der Waals surface area contributed by atoms with Gasteiger partial charge in [-0.15, -0.1) is 0 Å². The van der Waals surface area contributed by atoms with E-state index in [-0.39, 0.29) is 17.2 Å². The summed E-state index contributed by atoms with van der Waals surface area (Å²) >= 11 is 0. The Balaban J connectivity index is 2.28. The highest BCUT2D eigenvalue weighted by Gasteiger charge is 2.19. The van der Waals surface area contributed by atoms with Gasteiger partial charge >= 0.3 is 0 Å². The molecule has 0 heterocycles. The van der Waals surface area contributed by atoms with Gasteiger partial charge in [0.25, 0.3) is 0 Å². The van der Waals surface area contributed by atoms with Gasteiger partial charge < -0.3 is 9.84 Å². The molecule has 0 saturated heterocycles. The molecule has 0 spiro atoms. The Kier molecular flexibility index (Phi) is 4.58. The van der Waals surface area contributed by atoms with Crippen molar-refractivity contribution in [2.24, 2.45) is 0 Å². The smallest absolute Gasteiger partial charge is 0.165 e. The lowest BCUT2D eigenvalue weighted by Crippen LogP contribution is -2.07. The molecule has 0 amide bonds. The zero-order valence-corrected chi connectivity index (χ0v) is 12.2. The second-order valence-corrected chi connectivity index (χ2v) is 5.24. The van der Waals surface area contributed by atoms with Gasteiger partial charge in [-0.1, -0.05) is 24.3 Å². The minimum Gasteiger partial charge on any atom is -0.491 e. The third kappa shape index (κ3) is 3.39. The summed E-state index contributed by atoms with van der Waals surface area (Å²) in [5.74, 6) is -1.27. The molecular weight excluding hydrogens is 274 g/mol. The quantitative estimate of drug-likeness (QED) is 0.917. The highest BCUT2D eigenvalue weighted by Crippen LogP contribution is 2.28. The number of rotatable bonds is 4. The summed E-state index contributed by atoms with van der Waals surface area (Å²) in [6.07, 6.45) is -1.17. The standard InChI is InChI=1S/C17H18F2O2/c1-10(2)21-13-7-5-12(6-8-13)17(20)14-9-4-11(3)15(18)16(14)19/h4-10,17,20H,1-3H3. The number of aryl methyl sites for hydroxylation is 1. The molecule has 1 N–H and O–H groups in total. The van der Waals surface area contributed by atoms with Crippen LogP contribution in [0.4, 0.5) is 8.78 Å². The SMILES string of the molecule is Cc1ccc(C(O)c2ccc(OC(C)C)cc2)c(F)c1F. The molecule has 0 radical (unpaired) electrons. The van der Waals surface area contributed by atoms with E-state index in [4.69, 9.17) is 4.74 Å². The van der Waals surface area contributed by atoms with E-state index in [0.717, 1.165) is 0 Å². The van der Waals surface area contributed by atoms with Gasteiger partial charge in [-0.25, -0.2) is 8.78 Å². The molecular formula is C17H18F2O2. The Hall–Kier alpha value is -1.94. The maximum atomic E-state index is 13.9. The van der Waals surface area contributed by atoms with Crippen LogP contribution in [0.2, 0.25) is 0 Å². The third-order valence-corrected chi connectivity index (χ3v) is 3.17. The van der Waals surface area contributed by atoms with Gasteiger partial charge in [0, 0.05) is 5.56 Å². The molecule has 21 heavy (non-hydrogen) atoms. The Bertz CT molecular complexity index is 621. The largest absolute Gasteiger partial charge is 0.491 e. The molecule has 0 aliphatic rings. The third-order valence-electron chi connectivity index (χ3n) is 3.17. The molecule has 4 heteroatoms. The van der Waals surface area contributed by atoms with E-state index in [9.17, 15) is 13.9 Å². The maximum Gasteiger partial charge on any atom is 0.165 e. The first-order valence-electron chi connectivity index (χ1n) is 6.79. The fraction of sp³-hybridized carbons (Fsp3) is 0.294. The first-order chi connectivity index (χ1) is 9.90. The number of aliphatic hydroxyl groups is 1. The summed E-state index contributed by atoms with van der Waals surface area (Å²) in [4.78, 5) is 0. The molecule has 0 bridgehead atoms. The first-order valence-corrected chi connectivity index (χ1v) is 6.79. The van der Waals surface area contributed by atoms with Crippen LogP contribution < -0.4 is 4.74 Å². The Morgan fingerprint density at radius 2 is 1.57 bits per heavy atom. The van der Waals surface area contributed by atoms with Crippen LogP contribution in [0.25, 0.3) is 0 Å². The summed E-state index contributed by atoms with van der Waals surface area (Å²) in [5, 5.41) is 10.2. The fourth-order valence-electron chi connectivity index (χ4n) is 2.05. The van der Waals surface area contributed by atoms with Crippen molar-refractivity contribution in [2.75, 3.05) is 0 Å². The minimum atomic E-state index is -1.21. The number of ether oxygens (including phenoxy) is 1. The van der Waals surface area contributed by atoms with Crippen LogP contribution in [0.15, 0.2) is 36.4 Å². The average Bonchev–Trinajstić information content (AvgIpc) is 2.44. The van der Waals surface area contributed by atoms with Crippen LogP contribution in [-0.4, -0.2) is 11.2 Å². The van der Waals surface area contributed by atoms with E-state index < -0.39 is 17.7 Å². The van der Waals surface area contributed by atoms with Crippen LogP contribution in [0.3, 0.4) is 0 Å². The van der Waals surface area contributed by atoms with Gasteiger partial charge in [0.2, 0.25) is 0 Å². The second kappa shape index (κ2) is 6.22. The normalized spacial score (nSPS) is 12.5. The maximum absolute atomic E-state index is 13.9. The van der Waals surface area contributed by atoms with Crippen LogP contribution in [0, 0.1) is 18.6 Å². The van der Waals surface area contributed by atoms with Crippen LogP contribution in [0.5, 0.6) is 5.75 Å². The number of hydrogen-bond donors (Lipinski definition) is 1. The topological polar surface area (TPSA) is 29.5 Å². The van der Waals surface area contributed by atoms with Gasteiger partial charge in [0.15, 0.2) is 11.6 Å². The van der Waals surface area contributed by atoms with Crippen molar-refractivity contribution in [3.05, 3.63) is 64.7 Å². The molecule has 2 nitrogen and oxygen atoms in total. The van der Waals surface area contributed by atoms with Crippen molar-refractivity contribution >= 4 is 0 Å². The Labute approximate surface area is 123 Å². The monoisotopic (exact) mass is 292 g/mol. The molecule has 1 atom stereocenters. The summed E-state index contributed by atoms with van der Waals surface area (Å²) in [7, 11) is 0. The molecule has 112 valence electrons. The number of aliphatic hydroxyl groups excluding tert-OH is 1. The van der Waals surface area contributed by atoms with Gasteiger partial charge in [0.1, 0.15) is 11.9 Å². The van der Waals surface area contributed by atoms with E-state index in [1.54, 1.807) is 24.3 Å². The summed E-state index contributed by atoms with van der Waals surface area (Å²) in [6, 6.07) is 9.52.